The largest absolute Gasteiger partial charge is 2.00 e. The van der Waals surface area contributed by atoms with Crippen LogP contribution in [-0.2, 0) is 23.9 Å². The second-order valence-electron chi connectivity index (χ2n) is 8.12. The molecule has 2 aromatic carbocycles. The van der Waals surface area contributed by atoms with Gasteiger partial charge in [0.25, 0.3) is 0 Å². The van der Waals surface area contributed by atoms with Gasteiger partial charge in [-0.2, -0.15) is 23.8 Å². The monoisotopic (exact) mass is 560 g/mol. The van der Waals surface area contributed by atoms with E-state index in [4.69, 9.17) is 11.5 Å². The number of rotatable bonds is 9. The van der Waals surface area contributed by atoms with E-state index in [2.05, 4.69) is 46.1 Å². The Bertz CT molecular complexity index is 1040. The smallest absolute Gasteiger partial charge is 0.667 e. The summed E-state index contributed by atoms with van der Waals surface area (Å²) < 4.78 is 2.05. The zero-order valence-corrected chi connectivity index (χ0v) is 26.4. The summed E-state index contributed by atoms with van der Waals surface area (Å²) in [4.78, 5) is 0. The first-order valence-corrected chi connectivity index (χ1v) is 12.7. The van der Waals surface area contributed by atoms with Gasteiger partial charge >= 0.3 is 46.9 Å². The maximum atomic E-state index is 8.14. The van der Waals surface area contributed by atoms with Gasteiger partial charge in [0.05, 0.1) is 0 Å². The number of aryl methyl sites for hydroxylation is 1. The summed E-state index contributed by atoms with van der Waals surface area (Å²) in [6.07, 6.45) is 7.12. The molecular formula is C30H41CrN6Na. The van der Waals surface area contributed by atoms with E-state index in [0.717, 1.165) is 72.7 Å². The van der Waals surface area contributed by atoms with Crippen LogP contribution < -0.4 is 45.9 Å². The Morgan fingerprint density at radius 3 is 2.45 bits per heavy atom. The van der Waals surface area contributed by atoms with E-state index in [0.29, 0.717) is 0 Å². The predicted octanol–water partition coefficient (Wildman–Crippen LogP) is 3.24. The molecule has 38 heavy (non-hydrogen) atoms. The van der Waals surface area contributed by atoms with Crippen LogP contribution in [-0.4, -0.2) is 22.9 Å². The van der Waals surface area contributed by atoms with Gasteiger partial charge in [0, 0.05) is 31.0 Å². The molecule has 4 rings (SSSR count). The Balaban J connectivity index is 0.000000648. The number of hydrogen-bond donors (Lipinski definition) is 3. The van der Waals surface area contributed by atoms with Gasteiger partial charge in [-0.05, 0) is 19.0 Å². The SMILES string of the molecule is C=CNCCC[CH-]c1cc2n(n1)CCCNC2=C.CC.[Cr+2].[NH-]C(c1ccccc1)c1ccc([CH-]N)cc1.[Na+]. The van der Waals surface area contributed by atoms with Gasteiger partial charge in [0.1, 0.15) is 0 Å². The molecule has 0 radical (unpaired) electrons. The van der Waals surface area contributed by atoms with Crippen LogP contribution in [0.2, 0.25) is 0 Å². The Labute approximate surface area is 262 Å². The number of aromatic nitrogens is 2. The number of nitrogens with zero attached hydrogens (tertiary/aromatic N) is 2. The van der Waals surface area contributed by atoms with Crippen LogP contribution in [0, 0.1) is 13.0 Å². The molecule has 0 saturated heterocycles. The minimum atomic E-state index is -0.326. The molecule has 1 unspecified atom stereocenters. The maximum absolute atomic E-state index is 8.14. The van der Waals surface area contributed by atoms with Crippen LogP contribution in [0.1, 0.15) is 67.2 Å². The Morgan fingerprint density at radius 1 is 1.16 bits per heavy atom. The van der Waals surface area contributed by atoms with E-state index in [-0.39, 0.29) is 53.0 Å². The number of unbranched alkanes of at least 4 members (excludes halogenated alkanes) is 1. The molecule has 6 nitrogen and oxygen atoms in total. The van der Waals surface area contributed by atoms with Crippen molar-refractivity contribution in [3.8, 4) is 0 Å². The summed E-state index contributed by atoms with van der Waals surface area (Å²) in [6, 6.07) is 19.4. The molecule has 0 fully saturated rings. The van der Waals surface area contributed by atoms with E-state index < -0.39 is 0 Å². The Morgan fingerprint density at radius 2 is 1.82 bits per heavy atom. The molecule has 0 bridgehead atoms. The van der Waals surface area contributed by atoms with Crippen LogP contribution in [0.4, 0.5) is 0 Å². The minimum absolute atomic E-state index is 0. The van der Waals surface area contributed by atoms with Gasteiger partial charge in [-0.25, -0.2) is 11.5 Å². The molecule has 2 heterocycles. The Hall–Kier alpha value is -2.08. The molecule has 0 amide bonds. The third kappa shape index (κ3) is 11.8. The molecule has 5 N–H and O–H groups in total. The zero-order chi connectivity index (χ0) is 26.2. The summed E-state index contributed by atoms with van der Waals surface area (Å²) in [7, 11) is 0. The second kappa shape index (κ2) is 20.8. The summed E-state index contributed by atoms with van der Waals surface area (Å²) >= 11 is 0. The van der Waals surface area contributed by atoms with E-state index in [9.17, 15) is 0 Å². The number of nitrogens with two attached hydrogens (primary N) is 1. The van der Waals surface area contributed by atoms with Crippen LogP contribution in [0.25, 0.3) is 11.4 Å². The topological polar surface area (TPSA) is 91.7 Å². The van der Waals surface area contributed by atoms with Crippen molar-refractivity contribution in [2.24, 2.45) is 5.73 Å². The van der Waals surface area contributed by atoms with Crippen molar-refractivity contribution in [2.45, 2.75) is 45.7 Å². The molecule has 1 aliphatic rings. The molecular weight excluding hydrogens is 519 g/mol. The average Bonchev–Trinajstić information content (AvgIpc) is 3.27. The first-order chi connectivity index (χ1) is 17.6. The third-order valence-corrected chi connectivity index (χ3v) is 5.61. The van der Waals surface area contributed by atoms with Crippen LogP contribution >= 0.6 is 0 Å². The fourth-order valence-electron chi connectivity index (χ4n) is 3.70. The molecule has 3 aromatic rings. The van der Waals surface area contributed by atoms with Crippen molar-refractivity contribution >= 4 is 5.70 Å². The molecule has 198 valence electrons. The fourth-order valence-corrected chi connectivity index (χ4v) is 3.70. The van der Waals surface area contributed by atoms with Crippen molar-refractivity contribution in [2.75, 3.05) is 13.1 Å². The summed E-state index contributed by atoms with van der Waals surface area (Å²) in [5, 5.41) is 11.0. The minimum Gasteiger partial charge on any atom is -0.667 e. The number of hydrogen-bond acceptors (Lipinski definition) is 4. The van der Waals surface area contributed by atoms with Crippen molar-refractivity contribution in [3.63, 3.8) is 0 Å². The number of fused-ring (bicyclic) bond motifs is 1. The first kappa shape index (κ1) is 35.9. The average molecular weight is 561 g/mol. The molecule has 1 atom stereocenters. The van der Waals surface area contributed by atoms with E-state index in [1.807, 2.05) is 68.4 Å². The van der Waals surface area contributed by atoms with Gasteiger partial charge in [0.15, 0.2) is 0 Å². The van der Waals surface area contributed by atoms with E-state index >= 15 is 0 Å². The maximum Gasteiger partial charge on any atom is 2.00 e. The van der Waals surface area contributed by atoms with Gasteiger partial charge in [-0.3, -0.25) is 4.68 Å². The second-order valence-corrected chi connectivity index (χ2v) is 8.12. The molecule has 0 saturated carbocycles. The first-order valence-electron chi connectivity index (χ1n) is 12.7. The fraction of sp³-hybridized carbons (Fsp3) is 0.300. The molecule has 1 aromatic heterocycles. The normalized spacial score (nSPS) is 12.1. The third-order valence-electron chi connectivity index (χ3n) is 5.61. The van der Waals surface area contributed by atoms with Gasteiger partial charge in [0.2, 0.25) is 0 Å². The van der Waals surface area contributed by atoms with E-state index in [1.54, 1.807) is 12.7 Å². The van der Waals surface area contributed by atoms with Gasteiger partial charge < -0.3 is 22.1 Å². The summed E-state index contributed by atoms with van der Waals surface area (Å²) in [5.74, 6) is 0. The molecule has 8 heteroatoms. The van der Waals surface area contributed by atoms with Crippen molar-refractivity contribution in [1.82, 2.24) is 20.4 Å². The van der Waals surface area contributed by atoms with E-state index in [1.165, 1.54) is 0 Å². The number of nitrogens with one attached hydrogen (secondary N) is 3. The van der Waals surface area contributed by atoms with Crippen molar-refractivity contribution in [1.29, 1.82) is 0 Å². The summed E-state index contributed by atoms with van der Waals surface area (Å²) in [5.41, 5.74) is 19.7. The molecule has 1 aliphatic heterocycles. The predicted molar refractivity (Wildman–Crippen MR) is 153 cm³/mol. The van der Waals surface area contributed by atoms with Gasteiger partial charge in [-0.15, -0.1) is 18.7 Å². The number of benzene rings is 2. The van der Waals surface area contributed by atoms with Gasteiger partial charge in [-0.1, -0.05) is 86.6 Å². The van der Waals surface area contributed by atoms with Crippen molar-refractivity contribution < 1.29 is 46.9 Å². The zero-order valence-electron chi connectivity index (χ0n) is 23.1. The quantitative estimate of drug-likeness (QED) is 0.213. The molecule has 0 spiro atoms. The Kier molecular flexibility index (Phi) is 19.7. The summed E-state index contributed by atoms with van der Waals surface area (Å²) in [6.45, 7) is 16.1. The van der Waals surface area contributed by atoms with Crippen LogP contribution in [0.15, 0.2) is 80.0 Å². The molecule has 0 aliphatic carbocycles. The standard InChI is InChI=1S/C14H21N4.C14H14N2.C2H6.Cr.Na/c1-3-15-8-5-4-7-13-11-14-12(2)16-9-6-10-18(14)17-13;15-10-11-6-8-13(9-7-11)14(16)12-4-2-1-3-5-12;1-2;;/h3,7,11,15-16H,1-2,4-6,8-10H2;1-10,14,16H,15H2;1-2H3;;/q-1;-2;;+2;+1. The van der Waals surface area contributed by atoms with Crippen LogP contribution in [0.5, 0.6) is 0 Å². The van der Waals surface area contributed by atoms with Crippen molar-refractivity contribution in [3.05, 3.63) is 127 Å². The van der Waals surface area contributed by atoms with Crippen LogP contribution in [0.3, 0.4) is 0 Å².